The van der Waals surface area contributed by atoms with Crippen molar-refractivity contribution in [2.45, 2.75) is 32.3 Å². The molecule has 5 nitrogen and oxygen atoms in total. The molecule has 0 aromatic rings. The molecule has 1 atom stereocenters. The molecule has 0 spiro atoms. The Kier molecular flexibility index (Phi) is 4.76. The molecule has 2 aliphatic heterocycles. The van der Waals surface area contributed by atoms with Crippen LogP contribution in [0.3, 0.4) is 0 Å². The quantitative estimate of drug-likeness (QED) is 0.774. The lowest BCUT2D eigenvalue weighted by Crippen LogP contribution is -2.56. The molecule has 0 bridgehead atoms. The van der Waals surface area contributed by atoms with Gasteiger partial charge in [0.05, 0.1) is 17.7 Å². The summed E-state index contributed by atoms with van der Waals surface area (Å²) in [4.78, 5) is 15.0. The molecule has 19 heavy (non-hydrogen) atoms. The molecule has 108 valence electrons. The molecule has 0 aromatic carbocycles. The van der Waals surface area contributed by atoms with Crippen molar-refractivity contribution in [2.24, 2.45) is 11.1 Å². The van der Waals surface area contributed by atoms with Gasteiger partial charge in [-0.2, -0.15) is 0 Å². The highest BCUT2D eigenvalue weighted by molar-refractivity contribution is 7.80. The van der Waals surface area contributed by atoms with Crippen LogP contribution in [0.1, 0.15) is 26.2 Å². The molecule has 0 aromatic heterocycles. The Hall–Kier alpha value is -0.720. The van der Waals surface area contributed by atoms with Gasteiger partial charge < -0.3 is 20.1 Å². The number of hydrogen-bond acceptors (Lipinski definition) is 4. The molecule has 1 amide bonds. The summed E-state index contributed by atoms with van der Waals surface area (Å²) in [5.41, 5.74) is 5.17. The first-order valence-electron chi connectivity index (χ1n) is 6.89. The molecule has 1 unspecified atom stereocenters. The van der Waals surface area contributed by atoms with Crippen molar-refractivity contribution in [1.82, 2.24) is 4.90 Å². The van der Waals surface area contributed by atoms with Gasteiger partial charge in [-0.3, -0.25) is 4.79 Å². The SMILES string of the molecule is CCC1CN(C(=O)C2(C(N)=S)CCOCC2)CCO1. The molecule has 2 N–H and O–H groups in total. The van der Waals surface area contributed by atoms with Crippen molar-refractivity contribution < 1.29 is 14.3 Å². The van der Waals surface area contributed by atoms with Crippen LogP contribution in [0, 0.1) is 5.41 Å². The number of rotatable bonds is 3. The number of nitrogens with two attached hydrogens (primary N) is 1. The normalized spacial score (nSPS) is 27.0. The molecular weight excluding hydrogens is 264 g/mol. The van der Waals surface area contributed by atoms with Crippen molar-refractivity contribution >= 4 is 23.1 Å². The summed E-state index contributed by atoms with van der Waals surface area (Å²) in [5, 5.41) is 0. The number of amides is 1. The molecule has 0 radical (unpaired) electrons. The van der Waals surface area contributed by atoms with Gasteiger partial charge >= 0.3 is 0 Å². The maximum atomic E-state index is 12.8. The molecule has 2 rings (SSSR count). The number of carbonyl (C=O) groups is 1. The van der Waals surface area contributed by atoms with Crippen molar-refractivity contribution in [3.8, 4) is 0 Å². The van der Waals surface area contributed by atoms with Crippen molar-refractivity contribution in [1.29, 1.82) is 0 Å². The standard InChI is InChI=1S/C13H22N2O3S/c1-2-10-9-15(5-8-18-10)12(16)13(11(14)19)3-6-17-7-4-13/h10H,2-9H2,1H3,(H2,14,19). The van der Waals surface area contributed by atoms with E-state index in [4.69, 9.17) is 27.4 Å². The summed E-state index contributed by atoms with van der Waals surface area (Å²) in [6, 6.07) is 0. The molecule has 6 heteroatoms. The van der Waals surface area contributed by atoms with Gasteiger partial charge in [0.15, 0.2) is 0 Å². The number of carbonyl (C=O) groups excluding carboxylic acids is 1. The summed E-state index contributed by atoms with van der Waals surface area (Å²) in [6.45, 7) is 5.01. The minimum Gasteiger partial charge on any atom is -0.392 e. The lowest BCUT2D eigenvalue weighted by Gasteiger charge is -2.41. The Morgan fingerprint density at radius 2 is 2.11 bits per heavy atom. The van der Waals surface area contributed by atoms with E-state index in [-0.39, 0.29) is 12.0 Å². The van der Waals surface area contributed by atoms with Crippen LogP contribution < -0.4 is 5.73 Å². The van der Waals surface area contributed by atoms with Crippen LogP contribution in [0.2, 0.25) is 0 Å². The third-order valence-electron chi connectivity index (χ3n) is 4.11. The maximum absolute atomic E-state index is 12.8. The minimum absolute atomic E-state index is 0.0602. The Morgan fingerprint density at radius 1 is 1.42 bits per heavy atom. The first-order chi connectivity index (χ1) is 9.10. The number of thiocarbonyl (C=S) groups is 1. The summed E-state index contributed by atoms with van der Waals surface area (Å²) >= 11 is 5.17. The fourth-order valence-electron chi connectivity index (χ4n) is 2.74. The summed E-state index contributed by atoms with van der Waals surface area (Å²) in [5.74, 6) is 0.0602. The fraction of sp³-hybridized carbons (Fsp3) is 0.846. The lowest BCUT2D eigenvalue weighted by atomic mass is 9.78. The van der Waals surface area contributed by atoms with E-state index in [0.717, 1.165) is 6.42 Å². The van der Waals surface area contributed by atoms with E-state index in [9.17, 15) is 4.79 Å². The van der Waals surface area contributed by atoms with Crippen molar-refractivity contribution in [3.63, 3.8) is 0 Å². The van der Waals surface area contributed by atoms with Crippen LogP contribution in [0.25, 0.3) is 0 Å². The minimum atomic E-state index is -0.705. The number of hydrogen-bond donors (Lipinski definition) is 1. The molecule has 2 saturated heterocycles. The van der Waals surface area contributed by atoms with Gasteiger partial charge in [0.1, 0.15) is 5.41 Å². The highest BCUT2D eigenvalue weighted by Gasteiger charge is 2.46. The van der Waals surface area contributed by atoms with E-state index < -0.39 is 5.41 Å². The Bertz CT molecular complexity index is 356. The van der Waals surface area contributed by atoms with Gasteiger partial charge in [0, 0.05) is 26.3 Å². The van der Waals surface area contributed by atoms with Gasteiger partial charge in [-0.05, 0) is 19.3 Å². The third-order valence-corrected chi connectivity index (χ3v) is 4.50. The highest BCUT2D eigenvalue weighted by atomic mass is 32.1. The Labute approximate surface area is 119 Å². The summed E-state index contributed by atoms with van der Waals surface area (Å²) in [7, 11) is 0. The Balaban J connectivity index is 2.13. The van der Waals surface area contributed by atoms with Gasteiger partial charge in [0.25, 0.3) is 0 Å². The third kappa shape index (κ3) is 2.90. The van der Waals surface area contributed by atoms with Crippen molar-refractivity contribution in [3.05, 3.63) is 0 Å². The van der Waals surface area contributed by atoms with E-state index in [1.807, 2.05) is 4.90 Å². The predicted molar refractivity (Wildman–Crippen MR) is 75.9 cm³/mol. The zero-order valence-electron chi connectivity index (χ0n) is 11.4. The second-order valence-electron chi connectivity index (χ2n) is 5.21. The van der Waals surface area contributed by atoms with E-state index >= 15 is 0 Å². The molecular formula is C13H22N2O3S. The lowest BCUT2D eigenvalue weighted by molar-refractivity contribution is -0.149. The van der Waals surface area contributed by atoms with Crippen LogP contribution in [-0.4, -0.2) is 54.8 Å². The average molecular weight is 286 g/mol. The number of ether oxygens (including phenoxy) is 2. The summed E-state index contributed by atoms with van der Waals surface area (Å²) in [6.07, 6.45) is 2.22. The second kappa shape index (κ2) is 6.15. The highest BCUT2D eigenvalue weighted by Crippen LogP contribution is 2.34. The van der Waals surface area contributed by atoms with Gasteiger partial charge in [-0.25, -0.2) is 0 Å². The van der Waals surface area contributed by atoms with E-state index in [2.05, 4.69) is 6.92 Å². The van der Waals surface area contributed by atoms with Crippen LogP contribution in [0.4, 0.5) is 0 Å². The van der Waals surface area contributed by atoms with Gasteiger partial charge in [-0.15, -0.1) is 0 Å². The van der Waals surface area contributed by atoms with E-state index in [0.29, 0.717) is 50.7 Å². The first-order valence-corrected chi connectivity index (χ1v) is 7.29. The second-order valence-corrected chi connectivity index (χ2v) is 5.65. The molecule has 0 aliphatic carbocycles. The zero-order chi connectivity index (χ0) is 13.9. The van der Waals surface area contributed by atoms with Crippen LogP contribution in [0.5, 0.6) is 0 Å². The number of morpholine rings is 1. The molecule has 2 aliphatic rings. The summed E-state index contributed by atoms with van der Waals surface area (Å²) < 4.78 is 10.9. The predicted octanol–water partition coefficient (Wildman–Crippen LogP) is 0.707. The van der Waals surface area contributed by atoms with E-state index in [1.54, 1.807) is 0 Å². The van der Waals surface area contributed by atoms with Crippen LogP contribution >= 0.6 is 12.2 Å². The fourth-order valence-corrected chi connectivity index (χ4v) is 3.03. The zero-order valence-corrected chi connectivity index (χ0v) is 12.2. The molecule has 2 heterocycles. The topological polar surface area (TPSA) is 64.8 Å². The molecule has 0 saturated carbocycles. The van der Waals surface area contributed by atoms with Crippen molar-refractivity contribution in [2.75, 3.05) is 32.9 Å². The van der Waals surface area contributed by atoms with Crippen LogP contribution in [0.15, 0.2) is 0 Å². The maximum Gasteiger partial charge on any atom is 0.235 e. The first kappa shape index (κ1) is 14.7. The average Bonchev–Trinajstić information content (AvgIpc) is 2.47. The monoisotopic (exact) mass is 286 g/mol. The van der Waals surface area contributed by atoms with Gasteiger partial charge in [-0.1, -0.05) is 19.1 Å². The largest absolute Gasteiger partial charge is 0.392 e. The van der Waals surface area contributed by atoms with E-state index in [1.165, 1.54) is 0 Å². The Morgan fingerprint density at radius 3 is 2.68 bits per heavy atom. The van der Waals surface area contributed by atoms with Crippen LogP contribution in [-0.2, 0) is 14.3 Å². The smallest absolute Gasteiger partial charge is 0.235 e. The molecule has 2 fully saturated rings. The van der Waals surface area contributed by atoms with Gasteiger partial charge in [0.2, 0.25) is 5.91 Å². The number of nitrogens with zero attached hydrogens (tertiary/aromatic N) is 1.